The molecule has 0 aliphatic heterocycles. The van der Waals surface area contributed by atoms with Crippen LogP contribution in [0.25, 0.3) is 0 Å². The Bertz CT molecular complexity index is 686. The number of aryl methyl sites for hydroxylation is 3. The van der Waals surface area contributed by atoms with Crippen molar-refractivity contribution >= 4 is 28.5 Å². The van der Waals surface area contributed by atoms with Crippen LogP contribution in [-0.2, 0) is 4.74 Å². The standard InChI is InChI=1S/C17H19NO2S/c1-5-20-17(19)16-13(4)9-15(21-16)18-10-14-8-11(2)6-7-12(14)3/h6-10H,5H2,1-4H3. The first-order valence-corrected chi connectivity index (χ1v) is 7.71. The molecule has 3 nitrogen and oxygen atoms in total. The van der Waals surface area contributed by atoms with Crippen LogP contribution in [0.2, 0.25) is 0 Å². The number of ether oxygens (including phenoxy) is 1. The average Bonchev–Trinajstić information content (AvgIpc) is 2.81. The van der Waals surface area contributed by atoms with Crippen molar-refractivity contribution in [3.8, 4) is 0 Å². The molecule has 0 amide bonds. The molecule has 0 atom stereocenters. The van der Waals surface area contributed by atoms with E-state index in [1.165, 1.54) is 22.5 Å². The maximum Gasteiger partial charge on any atom is 0.348 e. The van der Waals surface area contributed by atoms with E-state index in [2.05, 4.69) is 37.0 Å². The molecule has 1 aromatic heterocycles. The Hall–Kier alpha value is -1.94. The highest BCUT2D eigenvalue weighted by Crippen LogP contribution is 2.29. The number of aliphatic imine (C=N–C) groups is 1. The molecule has 1 heterocycles. The van der Waals surface area contributed by atoms with Crippen molar-refractivity contribution in [1.29, 1.82) is 0 Å². The Morgan fingerprint density at radius 3 is 2.71 bits per heavy atom. The van der Waals surface area contributed by atoms with E-state index in [-0.39, 0.29) is 5.97 Å². The van der Waals surface area contributed by atoms with E-state index in [1.54, 1.807) is 6.92 Å². The molecule has 1 aromatic carbocycles. The lowest BCUT2D eigenvalue weighted by atomic mass is 10.1. The van der Waals surface area contributed by atoms with Gasteiger partial charge >= 0.3 is 5.97 Å². The topological polar surface area (TPSA) is 38.7 Å². The van der Waals surface area contributed by atoms with Gasteiger partial charge in [0.05, 0.1) is 6.61 Å². The first kappa shape index (κ1) is 15.4. The van der Waals surface area contributed by atoms with Crippen LogP contribution < -0.4 is 0 Å². The van der Waals surface area contributed by atoms with Crippen molar-refractivity contribution in [2.45, 2.75) is 27.7 Å². The molecular formula is C17H19NO2S. The number of rotatable bonds is 4. The lowest BCUT2D eigenvalue weighted by Gasteiger charge is -2.00. The highest BCUT2D eigenvalue weighted by Gasteiger charge is 2.14. The Balaban J connectivity index is 2.24. The number of esters is 1. The van der Waals surface area contributed by atoms with Gasteiger partial charge in [0, 0.05) is 6.21 Å². The summed E-state index contributed by atoms with van der Waals surface area (Å²) in [6.07, 6.45) is 1.85. The second kappa shape index (κ2) is 6.68. The fourth-order valence-corrected chi connectivity index (χ4v) is 2.87. The zero-order chi connectivity index (χ0) is 15.4. The summed E-state index contributed by atoms with van der Waals surface area (Å²) < 4.78 is 5.04. The molecule has 0 spiro atoms. The minimum Gasteiger partial charge on any atom is -0.462 e. The molecule has 0 saturated heterocycles. The quantitative estimate of drug-likeness (QED) is 0.611. The molecule has 2 aromatic rings. The lowest BCUT2D eigenvalue weighted by Crippen LogP contribution is -2.03. The van der Waals surface area contributed by atoms with E-state index in [9.17, 15) is 4.79 Å². The van der Waals surface area contributed by atoms with Crippen molar-refractivity contribution in [3.63, 3.8) is 0 Å². The van der Waals surface area contributed by atoms with Gasteiger partial charge in [-0.2, -0.15) is 0 Å². The fourth-order valence-electron chi connectivity index (χ4n) is 1.96. The van der Waals surface area contributed by atoms with Crippen LogP contribution in [0.1, 0.15) is 38.8 Å². The smallest absolute Gasteiger partial charge is 0.348 e. The second-order valence-electron chi connectivity index (χ2n) is 4.94. The number of hydrogen-bond acceptors (Lipinski definition) is 4. The average molecular weight is 301 g/mol. The Morgan fingerprint density at radius 1 is 1.24 bits per heavy atom. The van der Waals surface area contributed by atoms with Crippen molar-refractivity contribution in [3.05, 3.63) is 51.4 Å². The van der Waals surface area contributed by atoms with Crippen molar-refractivity contribution in [2.24, 2.45) is 4.99 Å². The van der Waals surface area contributed by atoms with Gasteiger partial charge in [-0.3, -0.25) is 0 Å². The van der Waals surface area contributed by atoms with Gasteiger partial charge in [0.2, 0.25) is 0 Å². The van der Waals surface area contributed by atoms with Crippen LogP contribution >= 0.6 is 11.3 Å². The fraction of sp³-hybridized carbons (Fsp3) is 0.294. The van der Waals surface area contributed by atoms with Crippen LogP contribution in [0, 0.1) is 20.8 Å². The molecule has 0 radical (unpaired) electrons. The van der Waals surface area contributed by atoms with Crippen molar-refractivity contribution in [2.75, 3.05) is 6.61 Å². The number of nitrogens with zero attached hydrogens (tertiary/aromatic N) is 1. The first-order valence-electron chi connectivity index (χ1n) is 6.90. The molecule has 0 aliphatic rings. The predicted octanol–water partition coefficient (Wildman–Crippen LogP) is 4.60. The Morgan fingerprint density at radius 2 is 2.00 bits per heavy atom. The SMILES string of the molecule is CCOC(=O)c1sc(N=Cc2cc(C)ccc2C)cc1C. The third-order valence-corrected chi connectivity index (χ3v) is 4.26. The normalized spacial score (nSPS) is 11.0. The molecule has 2 rings (SSSR count). The van der Waals surface area contributed by atoms with E-state index in [0.717, 1.165) is 16.1 Å². The van der Waals surface area contributed by atoms with Gasteiger partial charge in [0.15, 0.2) is 0 Å². The summed E-state index contributed by atoms with van der Waals surface area (Å²) in [6.45, 7) is 8.22. The van der Waals surface area contributed by atoms with Gasteiger partial charge in [-0.15, -0.1) is 11.3 Å². The van der Waals surface area contributed by atoms with Crippen LogP contribution in [0.3, 0.4) is 0 Å². The molecule has 0 unspecified atom stereocenters. The summed E-state index contributed by atoms with van der Waals surface area (Å²) in [5.41, 5.74) is 4.39. The highest BCUT2D eigenvalue weighted by molar-refractivity contribution is 7.17. The first-order chi connectivity index (χ1) is 10.0. The van der Waals surface area contributed by atoms with Crippen LogP contribution in [0.15, 0.2) is 29.3 Å². The minimum atomic E-state index is -0.270. The molecule has 21 heavy (non-hydrogen) atoms. The van der Waals surface area contributed by atoms with Crippen LogP contribution in [0.4, 0.5) is 5.00 Å². The molecule has 0 N–H and O–H groups in total. The molecular weight excluding hydrogens is 282 g/mol. The van der Waals surface area contributed by atoms with E-state index < -0.39 is 0 Å². The monoisotopic (exact) mass is 301 g/mol. The van der Waals surface area contributed by atoms with Crippen LogP contribution in [0.5, 0.6) is 0 Å². The third-order valence-electron chi connectivity index (χ3n) is 3.13. The maximum absolute atomic E-state index is 11.8. The molecule has 110 valence electrons. The van der Waals surface area contributed by atoms with Crippen molar-refractivity contribution < 1.29 is 9.53 Å². The predicted molar refractivity (Wildman–Crippen MR) is 88.2 cm³/mol. The van der Waals surface area contributed by atoms with E-state index in [1.807, 2.05) is 19.2 Å². The summed E-state index contributed by atoms with van der Waals surface area (Å²) in [5.74, 6) is -0.270. The number of carbonyl (C=O) groups excluding carboxylic acids is 1. The minimum absolute atomic E-state index is 0.270. The van der Waals surface area contributed by atoms with E-state index in [0.29, 0.717) is 11.5 Å². The number of hydrogen-bond donors (Lipinski definition) is 0. The summed E-state index contributed by atoms with van der Waals surface area (Å²) in [6, 6.07) is 8.19. The number of thiophene rings is 1. The molecule has 0 bridgehead atoms. The van der Waals surface area contributed by atoms with Gasteiger partial charge in [0.1, 0.15) is 9.88 Å². The summed E-state index contributed by atoms with van der Waals surface area (Å²) in [7, 11) is 0. The molecule has 0 saturated carbocycles. The summed E-state index contributed by atoms with van der Waals surface area (Å²) >= 11 is 1.36. The highest BCUT2D eigenvalue weighted by atomic mass is 32.1. The lowest BCUT2D eigenvalue weighted by molar-refractivity contribution is 0.0531. The van der Waals surface area contributed by atoms with Gasteiger partial charge in [-0.1, -0.05) is 23.8 Å². The summed E-state index contributed by atoms with van der Waals surface area (Å²) in [5, 5.41) is 0.816. The molecule has 0 aliphatic carbocycles. The second-order valence-corrected chi connectivity index (χ2v) is 5.97. The third kappa shape index (κ3) is 3.79. The van der Waals surface area contributed by atoms with Gasteiger partial charge < -0.3 is 4.74 Å². The number of benzene rings is 1. The largest absolute Gasteiger partial charge is 0.462 e. The number of carbonyl (C=O) groups is 1. The summed E-state index contributed by atoms with van der Waals surface area (Å²) in [4.78, 5) is 16.9. The van der Waals surface area contributed by atoms with Crippen molar-refractivity contribution in [1.82, 2.24) is 0 Å². The van der Waals surface area contributed by atoms with E-state index >= 15 is 0 Å². The molecule has 4 heteroatoms. The zero-order valence-electron chi connectivity index (χ0n) is 12.8. The van der Waals surface area contributed by atoms with Gasteiger partial charge in [-0.25, -0.2) is 9.79 Å². The van der Waals surface area contributed by atoms with E-state index in [4.69, 9.17) is 4.74 Å². The molecule has 0 fully saturated rings. The Kier molecular flexibility index (Phi) is 4.91. The maximum atomic E-state index is 11.8. The van der Waals surface area contributed by atoms with Gasteiger partial charge in [0.25, 0.3) is 0 Å². The Labute approximate surface area is 129 Å². The van der Waals surface area contributed by atoms with Crippen LogP contribution in [-0.4, -0.2) is 18.8 Å². The zero-order valence-corrected chi connectivity index (χ0v) is 13.6. The van der Waals surface area contributed by atoms with Gasteiger partial charge in [-0.05, 0) is 50.5 Å².